The minimum absolute atomic E-state index is 0.0912. The molecule has 5 rings (SSSR count). The highest BCUT2D eigenvalue weighted by molar-refractivity contribution is 7.89. The fraction of sp³-hybridized carbons (Fsp3) is 0.448. The van der Waals surface area contributed by atoms with Gasteiger partial charge < -0.3 is 14.4 Å². The number of amides is 1. The molecule has 2 aromatic heterocycles. The molecule has 208 valence electrons. The van der Waals surface area contributed by atoms with E-state index >= 15 is 0 Å². The fourth-order valence-corrected chi connectivity index (χ4v) is 8.86. The molecular formula is C29H35N3O5S2. The molecule has 0 spiro atoms. The molecule has 1 aromatic carbocycles. The molecule has 2 unspecified atom stereocenters. The van der Waals surface area contributed by atoms with Gasteiger partial charge in [0.25, 0.3) is 0 Å². The van der Waals surface area contributed by atoms with Crippen molar-refractivity contribution in [1.82, 2.24) is 14.2 Å². The van der Waals surface area contributed by atoms with Crippen molar-refractivity contribution in [3.05, 3.63) is 75.2 Å². The number of aromatic nitrogens is 1. The van der Waals surface area contributed by atoms with Crippen LogP contribution < -0.4 is 4.74 Å². The number of fused-ring (bicyclic) bond motifs is 1. The van der Waals surface area contributed by atoms with Crippen molar-refractivity contribution in [3.8, 4) is 5.75 Å². The third-order valence-electron chi connectivity index (χ3n) is 7.65. The Labute approximate surface area is 234 Å². The predicted molar refractivity (Wildman–Crippen MR) is 151 cm³/mol. The van der Waals surface area contributed by atoms with E-state index in [9.17, 15) is 13.2 Å². The van der Waals surface area contributed by atoms with Crippen molar-refractivity contribution in [2.45, 2.75) is 56.5 Å². The van der Waals surface area contributed by atoms with Gasteiger partial charge in [-0.2, -0.15) is 4.31 Å². The minimum atomic E-state index is -3.74. The first kappa shape index (κ1) is 27.8. The summed E-state index contributed by atoms with van der Waals surface area (Å²) >= 11 is 1.72. The molecule has 0 aliphatic carbocycles. The topological polar surface area (TPSA) is 89.0 Å². The first-order valence-electron chi connectivity index (χ1n) is 13.3. The Morgan fingerprint density at radius 1 is 1.10 bits per heavy atom. The van der Waals surface area contributed by atoms with E-state index < -0.39 is 10.0 Å². The first-order valence-corrected chi connectivity index (χ1v) is 15.6. The number of piperidine rings is 1. The predicted octanol–water partition coefficient (Wildman–Crippen LogP) is 4.50. The fourth-order valence-electron chi connectivity index (χ4n) is 5.87. The number of benzene rings is 1. The lowest BCUT2D eigenvalue weighted by Gasteiger charge is -2.37. The van der Waals surface area contributed by atoms with Crippen LogP contribution in [0.25, 0.3) is 0 Å². The summed E-state index contributed by atoms with van der Waals surface area (Å²) in [7, 11) is -2.17. The summed E-state index contributed by atoms with van der Waals surface area (Å²) < 4.78 is 40.5. The lowest BCUT2D eigenvalue weighted by Crippen LogP contribution is -2.47. The average molecular weight is 570 g/mol. The average Bonchev–Trinajstić information content (AvgIpc) is 3.41. The number of nitrogens with zero attached hydrogens (tertiary/aromatic N) is 3. The number of rotatable bonds is 8. The molecule has 8 nitrogen and oxygen atoms in total. The van der Waals surface area contributed by atoms with Crippen LogP contribution in [-0.4, -0.2) is 68.0 Å². The van der Waals surface area contributed by atoms with Crippen molar-refractivity contribution < 1.29 is 22.7 Å². The molecule has 0 radical (unpaired) electrons. The highest BCUT2D eigenvalue weighted by atomic mass is 32.2. The molecule has 1 fully saturated rings. The van der Waals surface area contributed by atoms with Crippen LogP contribution in [0.15, 0.2) is 53.0 Å². The molecule has 2 aliphatic rings. The summed E-state index contributed by atoms with van der Waals surface area (Å²) in [6.07, 6.45) is 6.73. The maximum absolute atomic E-state index is 13.8. The van der Waals surface area contributed by atoms with Crippen LogP contribution in [0, 0.1) is 13.8 Å². The maximum Gasteiger partial charge on any atom is 0.249 e. The number of hydrogen-bond donors (Lipinski definition) is 0. The van der Waals surface area contributed by atoms with Crippen molar-refractivity contribution in [3.63, 3.8) is 0 Å². The van der Waals surface area contributed by atoms with Crippen LogP contribution in [0.5, 0.6) is 5.75 Å². The highest BCUT2D eigenvalue weighted by Gasteiger charge is 2.37. The SMILES string of the molecule is COc1cc(C)c(S(=O)(=O)N2CCCCC2COCC(=O)N2CCc3sccc3C2c2ccncc2)c(C)c1. The molecule has 1 amide bonds. The van der Waals surface area contributed by atoms with Gasteiger partial charge in [0.15, 0.2) is 0 Å². The third-order valence-corrected chi connectivity index (χ3v) is 10.9. The summed E-state index contributed by atoms with van der Waals surface area (Å²) in [5, 5.41) is 2.08. The molecule has 0 bridgehead atoms. The summed E-state index contributed by atoms with van der Waals surface area (Å²) in [5.41, 5.74) is 3.49. The van der Waals surface area contributed by atoms with E-state index in [1.165, 1.54) is 4.88 Å². The number of hydrogen-bond acceptors (Lipinski definition) is 7. The van der Waals surface area contributed by atoms with E-state index in [2.05, 4.69) is 16.4 Å². The van der Waals surface area contributed by atoms with Gasteiger partial charge in [0.1, 0.15) is 12.4 Å². The molecule has 3 aromatic rings. The molecule has 2 aliphatic heterocycles. The Morgan fingerprint density at radius 2 is 1.85 bits per heavy atom. The van der Waals surface area contributed by atoms with Crippen LogP contribution in [0.1, 0.15) is 52.4 Å². The summed E-state index contributed by atoms with van der Waals surface area (Å²) in [5.74, 6) is 0.541. The van der Waals surface area contributed by atoms with Crippen molar-refractivity contribution in [2.24, 2.45) is 0 Å². The Balaban J connectivity index is 1.29. The lowest BCUT2D eigenvalue weighted by molar-refractivity contribution is -0.138. The number of methoxy groups -OCH3 is 1. The lowest BCUT2D eigenvalue weighted by atomic mass is 9.94. The standard InChI is InChI=1S/C29H35N3O5S2/c1-20-16-24(36-3)17-21(2)29(20)39(34,35)32-13-5-4-6-23(32)18-37-19-27(33)31-14-9-26-25(10-15-38-26)28(31)22-7-11-30-12-8-22/h7-8,10-12,15-17,23,28H,4-6,9,13-14,18-19H2,1-3H3. The molecule has 0 N–H and O–H groups in total. The maximum atomic E-state index is 13.8. The molecule has 4 heterocycles. The van der Waals surface area contributed by atoms with E-state index in [4.69, 9.17) is 9.47 Å². The summed E-state index contributed by atoms with van der Waals surface area (Å²) in [4.78, 5) is 21.1. The second kappa shape index (κ2) is 11.8. The largest absolute Gasteiger partial charge is 0.497 e. The molecule has 39 heavy (non-hydrogen) atoms. The van der Waals surface area contributed by atoms with Crippen molar-refractivity contribution in [1.29, 1.82) is 0 Å². The Kier molecular flexibility index (Phi) is 8.37. The normalized spacial score (nSPS) is 20.0. The van der Waals surface area contributed by atoms with Crippen molar-refractivity contribution >= 4 is 27.3 Å². The number of pyridine rings is 1. The zero-order valence-corrected chi connectivity index (χ0v) is 24.3. The monoisotopic (exact) mass is 569 g/mol. The number of aryl methyl sites for hydroxylation is 2. The molecule has 2 atom stereocenters. The summed E-state index contributed by atoms with van der Waals surface area (Å²) in [6.45, 7) is 4.73. The second-order valence-electron chi connectivity index (χ2n) is 10.2. The van der Waals surface area contributed by atoms with E-state index in [1.54, 1.807) is 61.1 Å². The Hall–Kier alpha value is -2.79. The van der Waals surface area contributed by atoms with Crippen LogP contribution in [0.2, 0.25) is 0 Å². The van der Waals surface area contributed by atoms with Gasteiger partial charge in [-0.1, -0.05) is 6.42 Å². The number of sulfonamides is 1. The van der Waals surface area contributed by atoms with E-state index in [-0.39, 0.29) is 31.2 Å². The zero-order valence-electron chi connectivity index (χ0n) is 22.6. The number of thiophene rings is 1. The Morgan fingerprint density at radius 3 is 2.56 bits per heavy atom. The summed E-state index contributed by atoms with van der Waals surface area (Å²) in [6, 6.07) is 9.01. The van der Waals surface area contributed by atoms with E-state index in [0.717, 1.165) is 30.4 Å². The molecule has 0 saturated carbocycles. The highest BCUT2D eigenvalue weighted by Crippen LogP contribution is 2.38. The van der Waals surface area contributed by atoms with Crippen LogP contribution in [0.4, 0.5) is 0 Å². The number of carbonyl (C=O) groups excluding carboxylic acids is 1. The van der Waals surface area contributed by atoms with Gasteiger partial charge in [0.05, 0.1) is 24.7 Å². The third kappa shape index (κ3) is 5.61. The van der Waals surface area contributed by atoms with Gasteiger partial charge in [0.2, 0.25) is 15.9 Å². The van der Waals surface area contributed by atoms with E-state index in [1.807, 2.05) is 17.0 Å². The van der Waals surface area contributed by atoms with Crippen molar-refractivity contribution in [2.75, 3.05) is 33.4 Å². The number of ether oxygens (including phenoxy) is 2. The molecule has 1 saturated heterocycles. The van der Waals surface area contributed by atoms with Crippen LogP contribution in [-0.2, 0) is 26.0 Å². The van der Waals surface area contributed by atoms with Gasteiger partial charge >= 0.3 is 0 Å². The first-order chi connectivity index (χ1) is 18.8. The Bertz CT molecular complexity index is 1400. The smallest absolute Gasteiger partial charge is 0.249 e. The van der Waals surface area contributed by atoms with Crippen LogP contribution in [0.3, 0.4) is 0 Å². The van der Waals surface area contributed by atoms with Gasteiger partial charge in [0, 0.05) is 36.4 Å². The van der Waals surface area contributed by atoms with Crippen LogP contribution >= 0.6 is 11.3 Å². The molecule has 10 heteroatoms. The minimum Gasteiger partial charge on any atom is -0.497 e. The zero-order chi connectivity index (χ0) is 27.6. The van der Waals surface area contributed by atoms with E-state index in [0.29, 0.717) is 41.3 Å². The quantitative estimate of drug-likeness (QED) is 0.397. The molecular weight excluding hydrogens is 534 g/mol. The van der Waals surface area contributed by atoms with Gasteiger partial charge in [-0.3, -0.25) is 9.78 Å². The number of carbonyl (C=O) groups is 1. The van der Waals surface area contributed by atoms with Gasteiger partial charge in [-0.25, -0.2) is 8.42 Å². The second-order valence-corrected chi connectivity index (χ2v) is 13.0. The van der Waals surface area contributed by atoms with Gasteiger partial charge in [-0.05, 0) is 91.1 Å². The van der Waals surface area contributed by atoms with Gasteiger partial charge in [-0.15, -0.1) is 11.3 Å².